The molecule has 1 fully saturated rings. The Labute approximate surface area is 211 Å². The number of amides is 1. The first-order valence-corrected chi connectivity index (χ1v) is 11.8. The summed E-state index contributed by atoms with van der Waals surface area (Å²) in [4.78, 5) is 17.2. The van der Waals surface area contributed by atoms with Gasteiger partial charge >= 0.3 is 6.18 Å². The van der Waals surface area contributed by atoms with E-state index in [0.717, 1.165) is 17.8 Å². The monoisotopic (exact) mass is 513 g/mol. The van der Waals surface area contributed by atoms with Crippen molar-refractivity contribution >= 4 is 23.2 Å². The topological polar surface area (TPSA) is 46.3 Å². The number of carbonyl (C=O) groups excluding carboxylic acids is 1. The number of aryl methyl sites for hydroxylation is 1. The van der Waals surface area contributed by atoms with Crippen molar-refractivity contribution < 1.29 is 18.0 Å². The van der Waals surface area contributed by atoms with Gasteiger partial charge < -0.3 is 14.4 Å². The van der Waals surface area contributed by atoms with Crippen molar-refractivity contribution in [1.29, 1.82) is 0 Å². The highest BCUT2D eigenvalue weighted by Crippen LogP contribution is 2.32. The SMILES string of the molecule is Cn1cccc1-c1cc(C(=O)N2CCN(c3cccc(C(F)(F)F)c3)CC2)n(-c2ccc(Cl)cc2)n1. The number of benzene rings is 2. The first-order chi connectivity index (χ1) is 17.2. The van der Waals surface area contributed by atoms with Gasteiger partial charge in [-0.15, -0.1) is 0 Å². The summed E-state index contributed by atoms with van der Waals surface area (Å²) in [6.45, 7) is 1.60. The molecule has 0 bridgehead atoms. The molecular weight excluding hydrogens is 491 g/mol. The summed E-state index contributed by atoms with van der Waals surface area (Å²) in [5.74, 6) is -0.193. The van der Waals surface area contributed by atoms with Crippen molar-refractivity contribution in [2.45, 2.75) is 6.18 Å². The Hall–Kier alpha value is -3.72. The number of hydrogen-bond acceptors (Lipinski definition) is 3. The summed E-state index contributed by atoms with van der Waals surface area (Å²) in [6.07, 6.45) is -2.49. The lowest BCUT2D eigenvalue weighted by Crippen LogP contribution is -2.49. The molecule has 6 nitrogen and oxygen atoms in total. The molecule has 0 saturated carbocycles. The Morgan fingerprint density at radius 2 is 1.64 bits per heavy atom. The van der Waals surface area contributed by atoms with Gasteiger partial charge in [0.2, 0.25) is 0 Å². The Kier molecular flexibility index (Phi) is 6.26. The fourth-order valence-corrected chi connectivity index (χ4v) is 4.50. The van der Waals surface area contributed by atoms with Crippen molar-refractivity contribution in [3.63, 3.8) is 0 Å². The van der Waals surface area contributed by atoms with Crippen LogP contribution in [0.3, 0.4) is 0 Å². The highest BCUT2D eigenvalue weighted by atomic mass is 35.5. The summed E-state index contributed by atoms with van der Waals surface area (Å²) in [7, 11) is 1.91. The molecule has 3 heterocycles. The maximum Gasteiger partial charge on any atom is 0.416 e. The van der Waals surface area contributed by atoms with Crippen molar-refractivity contribution in [2.24, 2.45) is 7.05 Å². The van der Waals surface area contributed by atoms with Crippen LogP contribution in [-0.4, -0.2) is 51.3 Å². The largest absolute Gasteiger partial charge is 0.416 e. The zero-order valence-electron chi connectivity index (χ0n) is 19.4. The van der Waals surface area contributed by atoms with Crippen LogP contribution in [0, 0.1) is 0 Å². The summed E-state index contributed by atoms with van der Waals surface area (Å²) in [5.41, 5.74) is 2.44. The Balaban J connectivity index is 1.39. The third kappa shape index (κ3) is 4.70. The van der Waals surface area contributed by atoms with Gasteiger partial charge in [0, 0.05) is 50.1 Å². The molecule has 1 aliphatic rings. The smallest absolute Gasteiger partial charge is 0.368 e. The number of aromatic nitrogens is 3. The van der Waals surface area contributed by atoms with Gasteiger partial charge in [0.15, 0.2) is 0 Å². The molecule has 1 aliphatic heterocycles. The molecule has 186 valence electrons. The Morgan fingerprint density at radius 3 is 2.28 bits per heavy atom. The summed E-state index contributed by atoms with van der Waals surface area (Å²) >= 11 is 6.05. The first-order valence-electron chi connectivity index (χ1n) is 11.4. The van der Waals surface area contributed by atoms with E-state index in [0.29, 0.717) is 54.0 Å². The summed E-state index contributed by atoms with van der Waals surface area (Å²) < 4.78 is 42.9. The number of nitrogens with zero attached hydrogens (tertiary/aromatic N) is 5. The average Bonchev–Trinajstić information content (AvgIpc) is 3.50. The molecule has 2 aromatic heterocycles. The number of alkyl halides is 3. The minimum atomic E-state index is -4.40. The second-order valence-electron chi connectivity index (χ2n) is 8.63. The molecule has 36 heavy (non-hydrogen) atoms. The highest BCUT2D eigenvalue weighted by molar-refractivity contribution is 6.30. The Bertz CT molecular complexity index is 1390. The third-order valence-electron chi connectivity index (χ3n) is 6.31. The number of rotatable bonds is 4. The predicted molar refractivity (Wildman–Crippen MR) is 133 cm³/mol. The molecule has 0 aliphatic carbocycles. The van der Waals surface area contributed by atoms with Gasteiger partial charge in [0.25, 0.3) is 5.91 Å². The second-order valence-corrected chi connectivity index (χ2v) is 9.07. The zero-order chi connectivity index (χ0) is 25.4. The van der Waals surface area contributed by atoms with Gasteiger partial charge in [0.05, 0.1) is 16.9 Å². The Morgan fingerprint density at radius 1 is 0.917 bits per heavy atom. The molecular formula is C26H23ClF3N5O. The van der Waals surface area contributed by atoms with Crippen LogP contribution in [0.1, 0.15) is 16.1 Å². The highest BCUT2D eigenvalue weighted by Gasteiger charge is 2.32. The molecule has 5 rings (SSSR count). The molecule has 0 atom stereocenters. The van der Waals surface area contributed by atoms with Crippen LogP contribution >= 0.6 is 11.6 Å². The second kappa shape index (κ2) is 9.39. The van der Waals surface area contributed by atoms with E-state index in [2.05, 4.69) is 0 Å². The molecule has 2 aromatic carbocycles. The number of hydrogen-bond donors (Lipinski definition) is 0. The summed E-state index contributed by atoms with van der Waals surface area (Å²) in [5, 5.41) is 5.29. The van der Waals surface area contributed by atoms with Crippen molar-refractivity contribution in [1.82, 2.24) is 19.2 Å². The van der Waals surface area contributed by atoms with Crippen LogP contribution in [-0.2, 0) is 13.2 Å². The first kappa shape index (κ1) is 24.0. The van der Waals surface area contributed by atoms with Crippen LogP contribution in [0.5, 0.6) is 0 Å². The molecule has 0 N–H and O–H groups in total. The van der Waals surface area contributed by atoms with Crippen LogP contribution in [0.4, 0.5) is 18.9 Å². The van der Waals surface area contributed by atoms with Crippen molar-refractivity contribution in [2.75, 3.05) is 31.1 Å². The molecule has 4 aromatic rings. The lowest BCUT2D eigenvalue weighted by atomic mass is 10.1. The van der Waals surface area contributed by atoms with Crippen LogP contribution in [0.25, 0.3) is 17.1 Å². The molecule has 1 saturated heterocycles. The lowest BCUT2D eigenvalue weighted by Gasteiger charge is -2.36. The molecule has 10 heteroatoms. The van der Waals surface area contributed by atoms with Crippen molar-refractivity contribution in [3.05, 3.63) is 89.2 Å². The van der Waals surface area contributed by atoms with E-state index < -0.39 is 11.7 Å². The van der Waals surface area contributed by atoms with Crippen molar-refractivity contribution in [3.8, 4) is 17.1 Å². The van der Waals surface area contributed by atoms with E-state index in [1.165, 1.54) is 6.07 Å². The molecule has 0 spiro atoms. The number of halogens is 4. The van der Waals surface area contributed by atoms with Crippen LogP contribution < -0.4 is 4.90 Å². The fourth-order valence-electron chi connectivity index (χ4n) is 4.37. The zero-order valence-corrected chi connectivity index (χ0v) is 20.2. The maximum absolute atomic E-state index is 13.6. The van der Waals surface area contributed by atoms with Gasteiger partial charge in [-0.1, -0.05) is 17.7 Å². The predicted octanol–water partition coefficient (Wildman–Crippen LogP) is 5.51. The average molecular weight is 514 g/mol. The fraction of sp³-hybridized carbons (Fsp3) is 0.231. The van der Waals surface area contributed by atoms with Gasteiger partial charge in [-0.05, 0) is 60.7 Å². The molecule has 1 amide bonds. The number of anilines is 1. The van der Waals surface area contributed by atoms with Gasteiger partial charge in [-0.2, -0.15) is 18.3 Å². The number of carbonyl (C=O) groups is 1. The lowest BCUT2D eigenvalue weighted by molar-refractivity contribution is -0.137. The minimum absolute atomic E-state index is 0.193. The van der Waals surface area contributed by atoms with Crippen LogP contribution in [0.2, 0.25) is 5.02 Å². The molecule has 0 unspecified atom stereocenters. The van der Waals surface area contributed by atoms with Gasteiger partial charge in [-0.25, -0.2) is 4.68 Å². The standard InChI is InChI=1S/C26H23ClF3N5O/c1-32-11-3-6-23(32)22-17-24(35(31-22)20-9-7-19(27)8-10-20)25(36)34-14-12-33(13-15-34)21-5-2-4-18(16-21)26(28,29)30/h2-11,16-17H,12-15H2,1H3. The molecule has 0 radical (unpaired) electrons. The van der Waals surface area contributed by atoms with E-state index >= 15 is 0 Å². The van der Waals surface area contributed by atoms with E-state index in [1.807, 2.05) is 34.8 Å². The van der Waals surface area contributed by atoms with E-state index in [-0.39, 0.29) is 5.91 Å². The van der Waals surface area contributed by atoms with Gasteiger partial charge in [0.1, 0.15) is 11.4 Å². The quantitative estimate of drug-likeness (QED) is 0.361. The van der Waals surface area contributed by atoms with E-state index in [9.17, 15) is 18.0 Å². The van der Waals surface area contributed by atoms with E-state index in [1.54, 1.807) is 46.0 Å². The summed E-state index contributed by atoms with van der Waals surface area (Å²) in [6, 6.07) is 18.0. The van der Waals surface area contributed by atoms with Crippen LogP contribution in [0.15, 0.2) is 72.9 Å². The minimum Gasteiger partial charge on any atom is -0.368 e. The maximum atomic E-state index is 13.6. The van der Waals surface area contributed by atoms with Gasteiger partial charge in [-0.3, -0.25) is 4.79 Å². The third-order valence-corrected chi connectivity index (χ3v) is 6.56. The van der Waals surface area contributed by atoms with E-state index in [4.69, 9.17) is 16.7 Å². The number of piperazine rings is 1. The normalized spacial score (nSPS) is 14.4.